The molecule has 1 saturated heterocycles. The minimum absolute atomic E-state index is 0.0670. The Labute approximate surface area is 201 Å². The topological polar surface area (TPSA) is 140 Å². The number of likely N-dealkylation sites (tertiary alicyclic amines) is 1. The van der Waals surface area contributed by atoms with Gasteiger partial charge in [0.05, 0.1) is 11.4 Å². The highest BCUT2D eigenvalue weighted by atomic mass is 16.6. The van der Waals surface area contributed by atoms with Gasteiger partial charge in [-0.05, 0) is 59.9 Å². The summed E-state index contributed by atoms with van der Waals surface area (Å²) in [5.41, 5.74) is 13.0. The smallest absolute Gasteiger partial charge is 0.293 e. The molecule has 0 unspecified atom stereocenters. The number of nitrogens with one attached hydrogen (secondary N) is 1. The molecular weight excluding hydrogens is 446 g/mol. The lowest BCUT2D eigenvalue weighted by molar-refractivity contribution is 0.0947. The van der Waals surface area contributed by atoms with Gasteiger partial charge in [-0.3, -0.25) is 9.69 Å². The maximum atomic E-state index is 13.0. The zero-order valence-corrected chi connectivity index (χ0v) is 19.3. The largest absolute Gasteiger partial charge is 0.378 e. The normalized spacial score (nSPS) is 14.4. The first-order valence-electron chi connectivity index (χ1n) is 11.4. The van der Waals surface area contributed by atoms with Crippen molar-refractivity contribution in [3.8, 4) is 16.9 Å². The van der Waals surface area contributed by atoms with Crippen LogP contribution in [-0.2, 0) is 6.54 Å². The summed E-state index contributed by atoms with van der Waals surface area (Å²) < 4.78 is 6.11. The van der Waals surface area contributed by atoms with E-state index in [1.807, 2.05) is 49.4 Å². The third-order valence-electron chi connectivity index (χ3n) is 5.98. The van der Waals surface area contributed by atoms with Crippen LogP contribution in [0.5, 0.6) is 0 Å². The molecule has 5 rings (SSSR count). The highest BCUT2D eigenvalue weighted by Gasteiger charge is 2.26. The average Bonchev–Trinajstić information content (AvgIpc) is 3.65. The number of carbonyl (C=O) groups is 1. The van der Waals surface area contributed by atoms with E-state index in [0.717, 1.165) is 42.6 Å². The van der Waals surface area contributed by atoms with Crippen LogP contribution in [0, 0.1) is 0 Å². The number of anilines is 1. The van der Waals surface area contributed by atoms with Gasteiger partial charge in [0.2, 0.25) is 11.6 Å². The summed E-state index contributed by atoms with van der Waals surface area (Å²) in [5.74, 6) is -0.206. The molecule has 0 radical (unpaired) electrons. The number of carbonyl (C=O) groups excluding carboxylic acids is 1. The van der Waals surface area contributed by atoms with Crippen LogP contribution >= 0.6 is 0 Å². The van der Waals surface area contributed by atoms with Gasteiger partial charge in [0.15, 0.2) is 5.69 Å². The third kappa shape index (κ3) is 4.80. The third-order valence-corrected chi connectivity index (χ3v) is 5.98. The predicted molar refractivity (Wildman–Crippen MR) is 130 cm³/mol. The summed E-state index contributed by atoms with van der Waals surface area (Å²) in [4.78, 5) is 15.3. The van der Waals surface area contributed by atoms with Gasteiger partial charge >= 0.3 is 0 Å². The highest BCUT2D eigenvalue weighted by molar-refractivity contribution is 6.01. The van der Waals surface area contributed by atoms with Gasteiger partial charge in [-0.2, -0.15) is 9.78 Å². The highest BCUT2D eigenvalue weighted by Crippen LogP contribution is 2.21. The van der Waals surface area contributed by atoms with E-state index in [1.54, 1.807) is 0 Å². The van der Waals surface area contributed by atoms with E-state index in [9.17, 15) is 4.79 Å². The van der Waals surface area contributed by atoms with Crippen molar-refractivity contribution in [1.29, 1.82) is 0 Å². The molecule has 2 aromatic heterocycles. The van der Waals surface area contributed by atoms with Crippen molar-refractivity contribution >= 4 is 17.4 Å². The van der Waals surface area contributed by atoms with Crippen molar-refractivity contribution < 1.29 is 9.42 Å². The first-order valence-corrected chi connectivity index (χ1v) is 11.4. The Morgan fingerprint density at radius 2 is 1.77 bits per heavy atom. The minimum atomic E-state index is -0.472. The molecule has 0 bridgehead atoms. The van der Waals surface area contributed by atoms with Crippen molar-refractivity contribution in [3.05, 3.63) is 71.5 Å². The SMILES string of the molecule is CC(=NNC(=O)c1nnn(-c2nonc2N)c1CN1CCCC1)c1ccc(-c2ccccc2)cc1. The monoisotopic (exact) mass is 471 g/mol. The van der Waals surface area contributed by atoms with E-state index in [2.05, 4.69) is 48.2 Å². The van der Waals surface area contributed by atoms with Crippen LogP contribution in [0.25, 0.3) is 16.9 Å². The second-order valence-corrected chi connectivity index (χ2v) is 8.33. The number of nitrogens with zero attached hydrogens (tertiary/aromatic N) is 7. The van der Waals surface area contributed by atoms with E-state index in [-0.39, 0.29) is 17.3 Å². The predicted octanol–water partition coefficient (Wildman–Crippen LogP) is 2.65. The molecule has 3 N–H and O–H groups in total. The van der Waals surface area contributed by atoms with E-state index >= 15 is 0 Å². The molecule has 0 saturated carbocycles. The number of aromatic nitrogens is 5. The lowest BCUT2D eigenvalue weighted by Gasteiger charge is -2.15. The lowest BCUT2D eigenvalue weighted by Crippen LogP contribution is -2.26. The Hall–Kier alpha value is -4.38. The average molecular weight is 472 g/mol. The van der Waals surface area contributed by atoms with Crippen LogP contribution in [0.2, 0.25) is 0 Å². The number of hydrogen-bond acceptors (Lipinski definition) is 9. The number of hydrazone groups is 1. The minimum Gasteiger partial charge on any atom is -0.378 e. The van der Waals surface area contributed by atoms with E-state index in [1.165, 1.54) is 4.68 Å². The molecule has 178 valence electrons. The second-order valence-electron chi connectivity index (χ2n) is 8.33. The molecule has 11 nitrogen and oxygen atoms in total. The van der Waals surface area contributed by atoms with Crippen molar-refractivity contribution in [1.82, 2.24) is 35.6 Å². The molecule has 3 heterocycles. The van der Waals surface area contributed by atoms with Crippen LogP contribution in [0.3, 0.4) is 0 Å². The molecule has 11 heteroatoms. The zero-order chi connectivity index (χ0) is 24.2. The Bertz CT molecular complexity index is 1340. The number of rotatable bonds is 7. The first kappa shape index (κ1) is 22.4. The molecule has 35 heavy (non-hydrogen) atoms. The zero-order valence-electron chi connectivity index (χ0n) is 19.3. The van der Waals surface area contributed by atoms with Gasteiger partial charge in [-0.1, -0.05) is 59.8 Å². The molecule has 1 aliphatic rings. The fourth-order valence-electron chi connectivity index (χ4n) is 4.07. The molecule has 1 fully saturated rings. The molecule has 0 spiro atoms. The standard InChI is InChI=1S/C24H25N9O2/c1-16(17-9-11-19(12-10-17)18-7-3-2-4-8-18)26-28-24(34)21-20(15-32-13-5-6-14-32)33(31-27-21)23-22(25)29-35-30-23/h2-4,7-12H,5-6,13-15H2,1H3,(H2,25,29)(H,28,34). The fourth-order valence-corrected chi connectivity index (χ4v) is 4.07. The quantitative estimate of drug-likeness (QED) is 0.310. The molecule has 1 amide bonds. The van der Waals surface area contributed by atoms with Gasteiger partial charge in [-0.25, -0.2) is 10.1 Å². The summed E-state index contributed by atoms with van der Waals surface area (Å²) in [6.45, 7) is 4.15. The van der Waals surface area contributed by atoms with Crippen molar-refractivity contribution in [2.24, 2.45) is 5.10 Å². The molecule has 4 aromatic rings. The van der Waals surface area contributed by atoms with Gasteiger partial charge in [0.25, 0.3) is 5.91 Å². The Morgan fingerprint density at radius 1 is 1.06 bits per heavy atom. The van der Waals surface area contributed by atoms with Crippen LogP contribution in [0.1, 0.15) is 41.5 Å². The fraction of sp³-hybridized carbons (Fsp3) is 0.250. The summed E-state index contributed by atoms with van der Waals surface area (Å²) in [6, 6.07) is 18.1. The van der Waals surface area contributed by atoms with E-state index in [4.69, 9.17) is 10.4 Å². The molecule has 1 aliphatic heterocycles. The number of benzene rings is 2. The van der Waals surface area contributed by atoms with E-state index < -0.39 is 5.91 Å². The second kappa shape index (κ2) is 9.85. The summed E-state index contributed by atoms with van der Waals surface area (Å²) >= 11 is 0. The van der Waals surface area contributed by atoms with E-state index in [0.29, 0.717) is 18.0 Å². The Balaban J connectivity index is 1.35. The number of nitrogen functional groups attached to an aromatic ring is 1. The summed E-state index contributed by atoms with van der Waals surface area (Å²) in [5, 5.41) is 19.9. The van der Waals surface area contributed by atoms with Crippen molar-refractivity contribution in [2.45, 2.75) is 26.3 Å². The van der Waals surface area contributed by atoms with Crippen molar-refractivity contribution in [2.75, 3.05) is 18.8 Å². The van der Waals surface area contributed by atoms with Crippen LogP contribution in [-0.4, -0.2) is 54.9 Å². The summed E-state index contributed by atoms with van der Waals surface area (Å²) in [6.07, 6.45) is 2.20. The lowest BCUT2D eigenvalue weighted by atomic mass is 10.0. The maximum absolute atomic E-state index is 13.0. The van der Waals surface area contributed by atoms with Gasteiger partial charge in [-0.15, -0.1) is 5.10 Å². The molecule has 0 aliphatic carbocycles. The maximum Gasteiger partial charge on any atom is 0.293 e. The summed E-state index contributed by atoms with van der Waals surface area (Å²) in [7, 11) is 0. The number of amides is 1. The van der Waals surface area contributed by atoms with Gasteiger partial charge in [0.1, 0.15) is 0 Å². The van der Waals surface area contributed by atoms with Gasteiger partial charge in [0, 0.05) is 6.54 Å². The first-order chi connectivity index (χ1) is 17.1. The Morgan fingerprint density at radius 3 is 2.46 bits per heavy atom. The van der Waals surface area contributed by atoms with Crippen LogP contribution < -0.4 is 11.2 Å². The Kier molecular flexibility index (Phi) is 6.31. The molecule has 2 aromatic carbocycles. The van der Waals surface area contributed by atoms with Gasteiger partial charge < -0.3 is 5.73 Å². The molecule has 0 atom stereocenters. The number of nitrogens with two attached hydrogens (primary N) is 1. The molecular formula is C24H25N9O2. The number of hydrogen-bond donors (Lipinski definition) is 2. The van der Waals surface area contributed by atoms with Crippen LogP contribution in [0.4, 0.5) is 5.82 Å². The van der Waals surface area contributed by atoms with Crippen LogP contribution in [0.15, 0.2) is 64.3 Å². The van der Waals surface area contributed by atoms with Crippen molar-refractivity contribution in [3.63, 3.8) is 0 Å².